The molecular formula is C17H19F2NS. The minimum atomic E-state index is -0.552. The maximum atomic E-state index is 13.7. The van der Waals surface area contributed by atoms with E-state index in [2.05, 4.69) is 19.2 Å². The minimum Gasteiger partial charge on any atom is -0.312 e. The second-order valence-corrected chi connectivity index (χ2v) is 6.39. The summed E-state index contributed by atoms with van der Waals surface area (Å²) in [4.78, 5) is 1.42. The lowest BCUT2D eigenvalue weighted by atomic mass is 10.2. The van der Waals surface area contributed by atoms with Crippen LogP contribution < -0.4 is 5.32 Å². The topological polar surface area (TPSA) is 12.0 Å². The van der Waals surface area contributed by atoms with Gasteiger partial charge < -0.3 is 5.32 Å². The molecule has 0 aliphatic carbocycles. The molecule has 0 aliphatic rings. The molecule has 0 saturated carbocycles. The third-order valence-electron chi connectivity index (χ3n) is 2.95. The molecule has 1 nitrogen and oxygen atoms in total. The van der Waals surface area contributed by atoms with Crippen LogP contribution in [0.25, 0.3) is 0 Å². The first-order chi connectivity index (χ1) is 10.1. The van der Waals surface area contributed by atoms with Crippen LogP contribution in [-0.4, -0.2) is 6.54 Å². The third-order valence-corrected chi connectivity index (χ3v) is 4.12. The maximum Gasteiger partial charge on any atom is 0.140 e. The fourth-order valence-electron chi connectivity index (χ4n) is 1.92. The quantitative estimate of drug-likeness (QED) is 0.818. The van der Waals surface area contributed by atoms with Gasteiger partial charge in [-0.25, -0.2) is 8.78 Å². The average molecular weight is 307 g/mol. The summed E-state index contributed by atoms with van der Waals surface area (Å²) in [6, 6.07) is 11.6. The van der Waals surface area contributed by atoms with E-state index in [9.17, 15) is 8.78 Å². The molecule has 1 N–H and O–H groups in total. The van der Waals surface area contributed by atoms with E-state index in [-0.39, 0.29) is 0 Å². The SMILES string of the molecule is CC(C)CNCc1ccccc1Sc1ccc(F)cc1F. The van der Waals surface area contributed by atoms with Crippen molar-refractivity contribution in [3.05, 3.63) is 59.7 Å². The highest BCUT2D eigenvalue weighted by atomic mass is 32.2. The van der Waals surface area contributed by atoms with Crippen LogP contribution in [-0.2, 0) is 6.54 Å². The Morgan fingerprint density at radius 1 is 1.05 bits per heavy atom. The highest BCUT2D eigenvalue weighted by Gasteiger charge is 2.09. The summed E-state index contributed by atoms with van der Waals surface area (Å²) in [6.07, 6.45) is 0. The zero-order valence-corrected chi connectivity index (χ0v) is 13.0. The number of nitrogens with one attached hydrogen (secondary N) is 1. The molecule has 0 spiro atoms. The monoisotopic (exact) mass is 307 g/mol. The van der Waals surface area contributed by atoms with Gasteiger partial charge in [0.15, 0.2) is 0 Å². The van der Waals surface area contributed by atoms with Crippen LogP contribution in [0.3, 0.4) is 0 Å². The van der Waals surface area contributed by atoms with E-state index in [1.54, 1.807) is 0 Å². The Balaban J connectivity index is 2.12. The van der Waals surface area contributed by atoms with Gasteiger partial charge >= 0.3 is 0 Å². The summed E-state index contributed by atoms with van der Waals surface area (Å²) in [7, 11) is 0. The molecule has 21 heavy (non-hydrogen) atoms. The largest absolute Gasteiger partial charge is 0.312 e. The van der Waals surface area contributed by atoms with E-state index < -0.39 is 11.6 Å². The number of benzene rings is 2. The molecular weight excluding hydrogens is 288 g/mol. The number of hydrogen-bond acceptors (Lipinski definition) is 2. The predicted octanol–water partition coefficient (Wildman–Crippen LogP) is 4.86. The zero-order valence-electron chi connectivity index (χ0n) is 12.2. The lowest BCUT2D eigenvalue weighted by Gasteiger charge is -2.12. The Kier molecular flexibility index (Phi) is 5.76. The molecule has 0 unspecified atom stereocenters. The molecule has 0 aromatic heterocycles. The summed E-state index contributed by atoms with van der Waals surface area (Å²) in [5.41, 5.74) is 1.12. The second kappa shape index (κ2) is 7.57. The fourth-order valence-corrected chi connectivity index (χ4v) is 2.87. The van der Waals surface area contributed by atoms with E-state index in [0.29, 0.717) is 10.8 Å². The first kappa shape index (κ1) is 16.0. The van der Waals surface area contributed by atoms with Gasteiger partial charge in [0.05, 0.1) is 0 Å². The van der Waals surface area contributed by atoms with Crippen molar-refractivity contribution in [1.29, 1.82) is 0 Å². The first-order valence-electron chi connectivity index (χ1n) is 6.98. The van der Waals surface area contributed by atoms with Crippen LogP contribution in [0.1, 0.15) is 19.4 Å². The van der Waals surface area contributed by atoms with Crippen molar-refractivity contribution < 1.29 is 8.78 Å². The predicted molar refractivity (Wildman–Crippen MR) is 83.5 cm³/mol. The molecule has 0 amide bonds. The summed E-state index contributed by atoms with van der Waals surface area (Å²) >= 11 is 1.33. The molecule has 2 aromatic rings. The normalized spacial score (nSPS) is 11.1. The van der Waals surface area contributed by atoms with Crippen molar-refractivity contribution in [3.8, 4) is 0 Å². The van der Waals surface area contributed by atoms with Gasteiger partial charge in [0.1, 0.15) is 11.6 Å². The first-order valence-corrected chi connectivity index (χ1v) is 7.79. The highest BCUT2D eigenvalue weighted by molar-refractivity contribution is 7.99. The van der Waals surface area contributed by atoms with E-state index in [1.807, 2.05) is 24.3 Å². The lowest BCUT2D eigenvalue weighted by Crippen LogP contribution is -2.19. The van der Waals surface area contributed by atoms with Crippen molar-refractivity contribution in [1.82, 2.24) is 5.32 Å². The summed E-state index contributed by atoms with van der Waals surface area (Å²) in [6.45, 7) is 5.98. The lowest BCUT2D eigenvalue weighted by molar-refractivity contribution is 0.550. The smallest absolute Gasteiger partial charge is 0.140 e. The Labute approximate surface area is 128 Å². The second-order valence-electron chi connectivity index (χ2n) is 5.31. The van der Waals surface area contributed by atoms with Gasteiger partial charge in [0.2, 0.25) is 0 Å². The molecule has 0 aliphatic heterocycles. The zero-order chi connectivity index (χ0) is 15.2. The summed E-state index contributed by atoms with van der Waals surface area (Å²) in [5, 5.41) is 3.38. The summed E-state index contributed by atoms with van der Waals surface area (Å²) in [5.74, 6) is -0.493. The minimum absolute atomic E-state index is 0.438. The van der Waals surface area contributed by atoms with Gasteiger partial charge in [-0.3, -0.25) is 0 Å². The van der Waals surface area contributed by atoms with Gasteiger partial charge in [-0.05, 0) is 36.2 Å². The molecule has 0 fully saturated rings. The van der Waals surface area contributed by atoms with Crippen molar-refractivity contribution in [3.63, 3.8) is 0 Å². The van der Waals surface area contributed by atoms with Crippen LogP contribution in [0.4, 0.5) is 8.78 Å². The molecule has 2 aromatic carbocycles. The van der Waals surface area contributed by atoms with Crippen LogP contribution in [0.15, 0.2) is 52.3 Å². The fraction of sp³-hybridized carbons (Fsp3) is 0.294. The average Bonchev–Trinajstić information content (AvgIpc) is 2.43. The number of hydrogen-bond donors (Lipinski definition) is 1. The Hall–Kier alpha value is -1.39. The van der Waals surface area contributed by atoms with Crippen LogP contribution in [0.5, 0.6) is 0 Å². The van der Waals surface area contributed by atoms with Crippen molar-refractivity contribution in [2.45, 2.75) is 30.2 Å². The summed E-state index contributed by atoms with van der Waals surface area (Å²) < 4.78 is 26.7. The molecule has 0 radical (unpaired) electrons. The maximum absolute atomic E-state index is 13.7. The molecule has 0 atom stereocenters. The number of rotatable bonds is 6. The van der Waals surface area contributed by atoms with Gasteiger partial charge in [0, 0.05) is 22.4 Å². The van der Waals surface area contributed by atoms with Gasteiger partial charge in [-0.1, -0.05) is 43.8 Å². The van der Waals surface area contributed by atoms with Crippen LogP contribution in [0.2, 0.25) is 0 Å². The van der Waals surface area contributed by atoms with E-state index in [0.717, 1.165) is 29.6 Å². The van der Waals surface area contributed by atoms with E-state index in [1.165, 1.54) is 23.9 Å². The Bertz CT molecular complexity index is 599. The Morgan fingerprint density at radius 3 is 2.52 bits per heavy atom. The van der Waals surface area contributed by atoms with Gasteiger partial charge in [-0.15, -0.1) is 0 Å². The molecule has 0 heterocycles. The van der Waals surface area contributed by atoms with Crippen LogP contribution >= 0.6 is 11.8 Å². The van der Waals surface area contributed by atoms with Gasteiger partial charge in [0.25, 0.3) is 0 Å². The van der Waals surface area contributed by atoms with Crippen molar-refractivity contribution >= 4 is 11.8 Å². The number of halogens is 2. The molecule has 112 valence electrons. The van der Waals surface area contributed by atoms with Crippen molar-refractivity contribution in [2.75, 3.05) is 6.54 Å². The molecule has 2 rings (SSSR count). The standard InChI is InChI=1S/C17H19F2NS/c1-12(2)10-20-11-13-5-3-4-6-16(13)21-17-8-7-14(18)9-15(17)19/h3-9,12,20H,10-11H2,1-2H3. The van der Waals surface area contributed by atoms with Gasteiger partial charge in [-0.2, -0.15) is 0 Å². The molecule has 0 bridgehead atoms. The third kappa shape index (κ3) is 4.83. The van der Waals surface area contributed by atoms with Crippen molar-refractivity contribution in [2.24, 2.45) is 5.92 Å². The van der Waals surface area contributed by atoms with E-state index in [4.69, 9.17) is 0 Å². The highest BCUT2D eigenvalue weighted by Crippen LogP contribution is 2.32. The van der Waals surface area contributed by atoms with E-state index >= 15 is 0 Å². The molecule has 4 heteroatoms. The Morgan fingerprint density at radius 2 is 1.81 bits per heavy atom. The molecule has 0 saturated heterocycles. The van der Waals surface area contributed by atoms with Crippen LogP contribution in [0, 0.1) is 17.6 Å².